The Hall–Kier alpha value is -1.86. The van der Waals surface area contributed by atoms with Crippen LogP contribution in [0.15, 0.2) is 41.5 Å². The predicted octanol–water partition coefficient (Wildman–Crippen LogP) is -0.226. The third kappa shape index (κ3) is 3.33. The topological polar surface area (TPSA) is 111 Å². The van der Waals surface area contributed by atoms with Crippen LogP contribution < -0.4 is 16.8 Å². The van der Waals surface area contributed by atoms with Crippen LogP contribution in [0, 0.1) is 0 Å². The molecule has 102 valence electrons. The molecule has 0 radical (unpaired) electrons. The molecule has 0 saturated carbocycles. The second-order valence-corrected chi connectivity index (χ2v) is 6.69. The van der Waals surface area contributed by atoms with Crippen molar-refractivity contribution in [2.75, 3.05) is 6.26 Å². The summed E-state index contributed by atoms with van der Waals surface area (Å²) in [7, 11) is -3.09. The molecular formula is C12H16N4O2S. The largest absolute Gasteiger partial charge is 0.384 e. The number of aliphatic imine (C=N–C) groups is 1. The Balaban J connectivity index is 2.36. The van der Waals surface area contributed by atoms with Gasteiger partial charge in [0.15, 0.2) is 9.84 Å². The summed E-state index contributed by atoms with van der Waals surface area (Å²) in [6, 6.07) is 6.97. The van der Waals surface area contributed by atoms with Crippen molar-refractivity contribution in [2.45, 2.75) is 11.5 Å². The SMILES string of the molecule is CS(=O)(=O)Cc1cccc(C2(N)N=C(N)C=CN2)c1. The van der Waals surface area contributed by atoms with E-state index < -0.39 is 15.6 Å². The first-order valence-corrected chi connectivity index (χ1v) is 7.70. The van der Waals surface area contributed by atoms with Crippen LogP contribution in [0.1, 0.15) is 11.1 Å². The number of rotatable bonds is 3. The van der Waals surface area contributed by atoms with Crippen LogP contribution in [0.4, 0.5) is 0 Å². The normalized spacial score (nSPS) is 22.7. The van der Waals surface area contributed by atoms with Gasteiger partial charge in [-0.1, -0.05) is 18.2 Å². The lowest BCUT2D eigenvalue weighted by atomic mass is 10.1. The van der Waals surface area contributed by atoms with Gasteiger partial charge in [0.1, 0.15) is 5.84 Å². The summed E-state index contributed by atoms with van der Waals surface area (Å²) in [6.45, 7) is 0. The maximum Gasteiger partial charge on any atom is 0.211 e. The van der Waals surface area contributed by atoms with E-state index >= 15 is 0 Å². The minimum atomic E-state index is -3.09. The minimum absolute atomic E-state index is 0.0358. The Morgan fingerprint density at radius 2 is 2.16 bits per heavy atom. The van der Waals surface area contributed by atoms with Gasteiger partial charge in [-0.25, -0.2) is 13.4 Å². The third-order valence-corrected chi connectivity index (χ3v) is 3.52. The minimum Gasteiger partial charge on any atom is -0.384 e. The molecule has 0 spiro atoms. The number of amidine groups is 1. The van der Waals surface area contributed by atoms with Crippen LogP contribution >= 0.6 is 0 Å². The van der Waals surface area contributed by atoms with E-state index in [0.29, 0.717) is 17.0 Å². The number of nitrogens with two attached hydrogens (primary N) is 2. The molecule has 1 atom stereocenters. The van der Waals surface area contributed by atoms with E-state index in [-0.39, 0.29) is 5.75 Å². The van der Waals surface area contributed by atoms with Gasteiger partial charge >= 0.3 is 0 Å². The van der Waals surface area contributed by atoms with Gasteiger partial charge in [0.05, 0.1) is 5.75 Å². The summed E-state index contributed by atoms with van der Waals surface area (Å²) in [5.41, 5.74) is 13.1. The fraction of sp³-hybridized carbons (Fsp3) is 0.250. The maximum absolute atomic E-state index is 11.3. The van der Waals surface area contributed by atoms with E-state index in [2.05, 4.69) is 10.3 Å². The Kier molecular flexibility index (Phi) is 3.34. The van der Waals surface area contributed by atoms with Crippen LogP contribution in [0.5, 0.6) is 0 Å². The van der Waals surface area contributed by atoms with Crippen molar-refractivity contribution in [1.82, 2.24) is 5.32 Å². The Morgan fingerprint density at radius 3 is 2.79 bits per heavy atom. The fourth-order valence-electron chi connectivity index (χ4n) is 1.88. The molecule has 0 aliphatic carbocycles. The van der Waals surface area contributed by atoms with Crippen molar-refractivity contribution in [3.8, 4) is 0 Å². The first-order chi connectivity index (χ1) is 8.78. The van der Waals surface area contributed by atoms with E-state index in [4.69, 9.17) is 11.5 Å². The van der Waals surface area contributed by atoms with Crippen LogP contribution in [-0.2, 0) is 21.4 Å². The molecule has 0 saturated heterocycles. The summed E-state index contributed by atoms with van der Waals surface area (Å²) in [5.74, 6) is -0.882. The molecule has 1 aliphatic rings. The average molecular weight is 280 g/mol. The summed E-state index contributed by atoms with van der Waals surface area (Å²) >= 11 is 0. The quantitative estimate of drug-likeness (QED) is 0.708. The van der Waals surface area contributed by atoms with E-state index in [9.17, 15) is 8.42 Å². The van der Waals surface area contributed by atoms with Gasteiger partial charge in [0.25, 0.3) is 0 Å². The van der Waals surface area contributed by atoms with E-state index in [1.165, 1.54) is 6.26 Å². The van der Waals surface area contributed by atoms with Crippen molar-refractivity contribution in [3.05, 3.63) is 47.7 Å². The number of hydrogen-bond donors (Lipinski definition) is 3. The molecule has 1 heterocycles. The summed E-state index contributed by atoms with van der Waals surface area (Å²) in [6.07, 6.45) is 4.41. The van der Waals surface area contributed by atoms with E-state index in [1.54, 1.807) is 36.5 Å². The van der Waals surface area contributed by atoms with Gasteiger partial charge in [-0.05, 0) is 17.7 Å². The monoisotopic (exact) mass is 280 g/mol. The molecule has 19 heavy (non-hydrogen) atoms. The molecule has 1 aromatic rings. The highest BCUT2D eigenvalue weighted by Crippen LogP contribution is 2.21. The molecule has 1 aromatic carbocycles. The average Bonchev–Trinajstić information content (AvgIpc) is 2.26. The molecular weight excluding hydrogens is 264 g/mol. The number of sulfone groups is 1. The van der Waals surface area contributed by atoms with Crippen LogP contribution in [0.3, 0.4) is 0 Å². The van der Waals surface area contributed by atoms with Crippen molar-refractivity contribution < 1.29 is 8.42 Å². The van der Waals surface area contributed by atoms with Gasteiger partial charge < -0.3 is 11.1 Å². The molecule has 0 fully saturated rings. The molecule has 1 unspecified atom stereocenters. The molecule has 7 heteroatoms. The Bertz CT molecular complexity index is 651. The lowest BCUT2D eigenvalue weighted by molar-refractivity contribution is 0.409. The third-order valence-electron chi connectivity index (χ3n) is 2.66. The first kappa shape index (κ1) is 13.6. The van der Waals surface area contributed by atoms with Crippen molar-refractivity contribution >= 4 is 15.7 Å². The second-order valence-electron chi connectivity index (χ2n) is 4.55. The molecule has 0 aromatic heterocycles. The second kappa shape index (κ2) is 4.67. The number of hydrogen-bond acceptors (Lipinski definition) is 6. The predicted molar refractivity (Wildman–Crippen MR) is 74.8 cm³/mol. The zero-order valence-corrected chi connectivity index (χ0v) is 11.3. The van der Waals surface area contributed by atoms with Crippen LogP contribution in [0.25, 0.3) is 0 Å². The van der Waals surface area contributed by atoms with Crippen LogP contribution in [-0.4, -0.2) is 20.5 Å². The first-order valence-electron chi connectivity index (χ1n) is 5.64. The fourth-order valence-corrected chi connectivity index (χ4v) is 2.66. The zero-order valence-electron chi connectivity index (χ0n) is 10.5. The van der Waals surface area contributed by atoms with Crippen molar-refractivity contribution in [1.29, 1.82) is 0 Å². The highest BCUT2D eigenvalue weighted by molar-refractivity contribution is 7.89. The summed E-state index contributed by atoms with van der Waals surface area (Å²) in [5, 5.41) is 2.91. The van der Waals surface area contributed by atoms with Gasteiger partial charge in [0.2, 0.25) is 5.79 Å². The summed E-state index contributed by atoms with van der Waals surface area (Å²) < 4.78 is 22.6. The van der Waals surface area contributed by atoms with Gasteiger partial charge in [-0.3, -0.25) is 5.73 Å². The van der Waals surface area contributed by atoms with Crippen molar-refractivity contribution in [3.63, 3.8) is 0 Å². The molecule has 0 amide bonds. The van der Waals surface area contributed by atoms with E-state index in [1.807, 2.05) is 0 Å². The molecule has 2 rings (SSSR count). The maximum atomic E-state index is 11.3. The molecule has 5 N–H and O–H groups in total. The van der Waals surface area contributed by atoms with Crippen LogP contribution in [0.2, 0.25) is 0 Å². The number of nitrogens with zero attached hydrogens (tertiary/aromatic N) is 1. The highest BCUT2D eigenvalue weighted by Gasteiger charge is 2.27. The van der Waals surface area contributed by atoms with Gasteiger partial charge in [-0.2, -0.15) is 0 Å². The van der Waals surface area contributed by atoms with Gasteiger partial charge in [0, 0.05) is 18.0 Å². The number of benzene rings is 1. The smallest absolute Gasteiger partial charge is 0.211 e. The standard InChI is InChI=1S/C12H16N4O2S/c1-19(17,18)8-9-3-2-4-10(7-9)12(14)15-6-5-11(13)16-12/h2-7,15H,8,14H2,1H3,(H2,13,16). The Labute approximate surface area is 112 Å². The molecule has 0 bridgehead atoms. The Morgan fingerprint density at radius 1 is 1.42 bits per heavy atom. The zero-order chi connectivity index (χ0) is 14.1. The lowest BCUT2D eigenvalue weighted by Crippen LogP contribution is -2.49. The molecule has 6 nitrogen and oxygen atoms in total. The van der Waals surface area contributed by atoms with Crippen molar-refractivity contribution in [2.24, 2.45) is 16.5 Å². The number of nitrogens with one attached hydrogen (secondary N) is 1. The highest BCUT2D eigenvalue weighted by atomic mass is 32.2. The van der Waals surface area contributed by atoms with E-state index in [0.717, 1.165) is 0 Å². The van der Waals surface area contributed by atoms with Gasteiger partial charge in [-0.15, -0.1) is 0 Å². The summed E-state index contributed by atoms with van der Waals surface area (Å²) in [4.78, 5) is 4.15. The lowest BCUT2D eigenvalue weighted by Gasteiger charge is -2.29. The molecule has 1 aliphatic heterocycles.